The van der Waals surface area contributed by atoms with E-state index in [2.05, 4.69) is 0 Å². The van der Waals surface area contributed by atoms with Crippen LogP contribution in [0.15, 0.2) is 0 Å². The zero-order chi connectivity index (χ0) is 0. The van der Waals surface area contributed by atoms with Crippen LogP contribution in [0.25, 0.3) is 0 Å². The SMILES string of the molecule is [Co].[Cu].[LiH].[O-2].[O-2].[Sn].[Ti+4]. The van der Waals surface area contributed by atoms with Gasteiger partial charge in [0.25, 0.3) is 0 Å². The molecule has 0 aromatic rings. The maximum atomic E-state index is 0. The average molecular weight is 329 g/mol. The Labute approximate surface area is 108 Å². The zero-order valence-electron chi connectivity index (χ0n) is 2.45. The molecule has 2 nitrogen and oxygen atoms in total. The minimum atomic E-state index is 0. The van der Waals surface area contributed by atoms with Gasteiger partial charge in [-0.1, -0.05) is 0 Å². The van der Waals surface area contributed by atoms with Crippen molar-refractivity contribution in [1.82, 2.24) is 0 Å². The molecule has 0 rings (SSSR count). The molecule has 0 aliphatic carbocycles. The van der Waals surface area contributed by atoms with Crippen LogP contribution in [0.5, 0.6) is 0 Å². The van der Waals surface area contributed by atoms with Crippen LogP contribution in [0.1, 0.15) is 0 Å². The second kappa shape index (κ2) is 62.9. The second-order valence-corrected chi connectivity index (χ2v) is 0. The molecule has 0 amide bonds. The Morgan fingerprint density at radius 1 is 0.857 bits per heavy atom. The van der Waals surface area contributed by atoms with E-state index in [0.29, 0.717) is 0 Å². The van der Waals surface area contributed by atoms with Crippen LogP contribution < -0.4 is 0 Å². The van der Waals surface area contributed by atoms with Crippen LogP contribution in [0, 0.1) is 0 Å². The monoisotopic (exact) mass is 330 g/mol. The molecule has 0 fully saturated rings. The summed E-state index contributed by atoms with van der Waals surface area (Å²) in [5, 5.41) is 0. The van der Waals surface area contributed by atoms with Gasteiger partial charge in [0, 0.05) is 57.8 Å². The molecular formula is HCoCuLiO2SnTi. The van der Waals surface area contributed by atoms with Crippen molar-refractivity contribution >= 4 is 42.8 Å². The van der Waals surface area contributed by atoms with Crippen molar-refractivity contribution in [1.29, 1.82) is 0 Å². The average Bonchev–Trinajstić information content (AvgIpc) is 0. The van der Waals surface area contributed by atoms with E-state index in [-0.39, 0.29) is 109 Å². The molecule has 0 aromatic carbocycles. The van der Waals surface area contributed by atoms with Gasteiger partial charge < -0.3 is 11.0 Å². The maximum absolute atomic E-state index is 0. The Kier molecular flexibility index (Phi) is 794. The Balaban J connectivity index is 0. The molecule has 0 unspecified atom stereocenters. The smallest absolute Gasteiger partial charge is 2.00 e. The third kappa shape index (κ3) is 48.3. The van der Waals surface area contributed by atoms with Crippen LogP contribution in [0.3, 0.4) is 0 Å². The van der Waals surface area contributed by atoms with Crippen molar-refractivity contribution in [3.05, 3.63) is 0 Å². The summed E-state index contributed by atoms with van der Waals surface area (Å²) in [5.41, 5.74) is 0. The van der Waals surface area contributed by atoms with Crippen molar-refractivity contribution < 1.29 is 66.5 Å². The molecule has 6 radical (unpaired) electrons. The molecule has 7 heavy (non-hydrogen) atoms. The first kappa shape index (κ1) is 88.3. The van der Waals surface area contributed by atoms with Crippen molar-refractivity contribution in [2.45, 2.75) is 0 Å². The van der Waals surface area contributed by atoms with E-state index in [4.69, 9.17) is 0 Å². The van der Waals surface area contributed by atoms with E-state index in [9.17, 15) is 0 Å². The van der Waals surface area contributed by atoms with Crippen molar-refractivity contribution in [3.8, 4) is 0 Å². The van der Waals surface area contributed by atoms with Crippen LogP contribution in [-0.2, 0) is 66.5 Å². The zero-order valence-corrected chi connectivity index (χ0v) is 8.85. The first-order chi connectivity index (χ1) is 0. The van der Waals surface area contributed by atoms with Crippen LogP contribution in [-0.4, -0.2) is 42.8 Å². The van der Waals surface area contributed by atoms with Gasteiger partial charge in [-0.3, -0.25) is 0 Å². The molecule has 0 spiro atoms. The molecule has 7 heteroatoms. The molecule has 0 aliphatic rings. The van der Waals surface area contributed by atoms with E-state index in [1.54, 1.807) is 0 Å². The van der Waals surface area contributed by atoms with Crippen LogP contribution in [0.2, 0.25) is 0 Å². The summed E-state index contributed by atoms with van der Waals surface area (Å²) in [6.45, 7) is 0. The Bertz CT molecular complexity index is 17.7. The molecule has 0 aliphatic heterocycles. The standard InChI is InChI=1S/Co.Cu.Li.2O.Sn.Ti.H/q;;;2*-2;;+4;. The summed E-state index contributed by atoms with van der Waals surface area (Å²) in [6.07, 6.45) is 0. The molecule has 0 atom stereocenters. The van der Waals surface area contributed by atoms with Crippen molar-refractivity contribution in [2.75, 3.05) is 0 Å². The summed E-state index contributed by atoms with van der Waals surface area (Å²) in [5.74, 6) is 0. The summed E-state index contributed by atoms with van der Waals surface area (Å²) < 4.78 is 0. The van der Waals surface area contributed by atoms with Crippen molar-refractivity contribution in [3.63, 3.8) is 0 Å². The van der Waals surface area contributed by atoms with E-state index in [1.165, 1.54) is 0 Å². The summed E-state index contributed by atoms with van der Waals surface area (Å²) >= 11 is 0. The first-order valence-corrected chi connectivity index (χ1v) is 0. The van der Waals surface area contributed by atoms with Crippen LogP contribution >= 0.6 is 0 Å². The fraction of sp³-hybridized carbons (Fsp3) is 0. The topological polar surface area (TPSA) is 57.0 Å². The molecule has 0 saturated heterocycles. The predicted octanol–water partition coefficient (Wildman–Crippen LogP) is -1.27. The van der Waals surface area contributed by atoms with Gasteiger partial charge >= 0.3 is 40.6 Å². The van der Waals surface area contributed by atoms with Gasteiger partial charge in [-0.2, -0.15) is 0 Å². The maximum Gasteiger partial charge on any atom is 4.00 e. The quantitative estimate of drug-likeness (QED) is 0.498. The van der Waals surface area contributed by atoms with Gasteiger partial charge in [0.05, 0.1) is 0 Å². The van der Waals surface area contributed by atoms with Crippen LogP contribution in [0.4, 0.5) is 0 Å². The van der Waals surface area contributed by atoms with E-state index < -0.39 is 0 Å². The van der Waals surface area contributed by atoms with Crippen molar-refractivity contribution in [2.24, 2.45) is 0 Å². The summed E-state index contributed by atoms with van der Waals surface area (Å²) in [4.78, 5) is 0. The van der Waals surface area contributed by atoms with Gasteiger partial charge in [0.15, 0.2) is 0 Å². The Hall–Kier alpha value is 3.06. The normalized spacial score (nSPS) is 0. The first-order valence-electron chi connectivity index (χ1n) is 0. The molecular weight excluding hydrogens is 328 g/mol. The summed E-state index contributed by atoms with van der Waals surface area (Å²) in [6, 6.07) is 0. The van der Waals surface area contributed by atoms with Gasteiger partial charge in [-0.15, -0.1) is 0 Å². The number of rotatable bonds is 0. The van der Waals surface area contributed by atoms with Gasteiger partial charge in [0.2, 0.25) is 0 Å². The largest absolute Gasteiger partial charge is 4.00 e. The van der Waals surface area contributed by atoms with Gasteiger partial charge in [-0.25, -0.2) is 0 Å². The Morgan fingerprint density at radius 2 is 0.857 bits per heavy atom. The number of hydrogen-bond donors (Lipinski definition) is 0. The predicted molar refractivity (Wildman–Crippen MR) is 14.3 cm³/mol. The van der Waals surface area contributed by atoms with Gasteiger partial charge in [0.1, 0.15) is 0 Å². The van der Waals surface area contributed by atoms with E-state index in [1.807, 2.05) is 0 Å². The molecule has 0 bridgehead atoms. The molecule has 0 heterocycles. The fourth-order valence-corrected chi connectivity index (χ4v) is 0. The molecule has 0 aromatic heterocycles. The van der Waals surface area contributed by atoms with Gasteiger partial charge in [-0.05, 0) is 0 Å². The minimum absolute atomic E-state index is 0. The second-order valence-electron chi connectivity index (χ2n) is 0. The summed E-state index contributed by atoms with van der Waals surface area (Å²) in [7, 11) is 0. The fourth-order valence-electron chi connectivity index (χ4n) is 0. The Morgan fingerprint density at radius 3 is 0.857 bits per heavy atom. The van der Waals surface area contributed by atoms with E-state index >= 15 is 0 Å². The minimum Gasteiger partial charge on any atom is -2.00 e. The number of hydrogen-bond acceptors (Lipinski definition) is 0. The third-order valence-corrected chi connectivity index (χ3v) is 0. The molecule has 0 saturated carbocycles. The van der Waals surface area contributed by atoms with E-state index in [0.717, 1.165) is 0 Å². The molecule has 0 N–H and O–H groups in total. The molecule has 42 valence electrons. The third-order valence-electron chi connectivity index (χ3n) is 0.